The van der Waals surface area contributed by atoms with Gasteiger partial charge in [-0.1, -0.05) is 30.3 Å². The fraction of sp³-hybridized carbons (Fsp3) is 0.0769. The molecular formula is C13H11N3O. The molecule has 0 saturated carbocycles. The van der Waals surface area contributed by atoms with Crippen molar-refractivity contribution in [3.8, 4) is 0 Å². The Bertz CT molecular complexity index is 586. The predicted molar refractivity (Wildman–Crippen MR) is 65.6 cm³/mol. The lowest BCUT2D eigenvalue weighted by atomic mass is 10.2. The quantitative estimate of drug-likeness (QED) is 0.744. The van der Waals surface area contributed by atoms with Gasteiger partial charge in [-0.15, -0.1) is 0 Å². The lowest BCUT2D eigenvalue weighted by Crippen LogP contribution is -1.98. The standard InChI is InChI=1S/C13H11N3O/c1-2-5-10(6-3-1)9-15-13-16-12-11(17-13)7-4-8-14-12/h1-8H,9H2,(H,14,15,16). The number of rotatable bonds is 3. The zero-order chi connectivity index (χ0) is 11.5. The Morgan fingerprint density at radius 2 is 1.94 bits per heavy atom. The van der Waals surface area contributed by atoms with Crippen molar-refractivity contribution in [1.82, 2.24) is 9.97 Å². The molecule has 0 bridgehead atoms. The second-order valence-corrected chi connectivity index (χ2v) is 3.68. The van der Waals surface area contributed by atoms with Crippen LogP contribution in [0.2, 0.25) is 0 Å². The maximum Gasteiger partial charge on any atom is 0.297 e. The summed E-state index contributed by atoms with van der Waals surface area (Å²) in [4.78, 5) is 8.35. The summed E-state index contributed by atoms with van der Waals surface area (Å²) in [5.74, 6) is 0. The highest BCUT2D eigenvalue weighted by Crippen LogP contribution is 2.16. The van der Waals surface area contributed by atoms with Crippen LogP contribution in [0, 0.1) is 0 Å². The van der Waals surface area contributed by atoms with E-state index < -0.39 is 0 Å². The van der Waals surface area contributed by atoms with Gasteiger partial charge in [0.2, 0.25) is 5.65 Å². The molecule has 4 heteroatoms. The first-order valence-corrected chi connectivity index (χ1v) is 5.41. The molecule has 84 valence electrons. The molecule has 0 saturated heterocycles. The van der Waals surface area contributed by atoms with Gasteiger partial charge >= 0.3 is 0 Å². The van der Waals surface area contributed by atoms with Gasteiger partial charge < -0.3 is 9.73 Å². The van der Waals surface area contributed by atoms with Crippen molar-refractivity contribution < 1.29 is 4.42 Å². The molecule has 3 aromatic rings. The normalized spacial score (nSPS) is 10.6. The minimum Gasteiger partial charge on any atom is -0.422 e. The molecule has 3 rings (SSSR count). The number of benzene rings is 1. The lowest BCUT2D eigenvalue weighted by molar-refractivity contribution is 0.614. The minimum atomic E-state index is 0.502. The van der Waals surface area contributed by atoms with Crippen LogP contribution >= 0.6 is 0 Å². The van der Waals surface area contributed by atoms with Crippen molar-refractivity contribution >= 4 is 17.2 Å². The Balaban J connectivity index is 1.77. The van der Waals surface area contributed by atoms with Gasteiger partial charge in [-0.25, -0.2) is 4.98 Å². The molecule has 2 heterocycles. The van der Waals surface area contributed by atoms with Crippen LogP contribution in [0.3, 0.4) is 0 Å². The van der Waals surface area contributed by atoms with Crippen molar-refractivity contribution in [1.29, 1.82) is 0 Å². The summed E-state index contributed by atoms with van der Waals surface area (Å²) in [7, 11) is 0. The van der Waals surface area contributed by atoms with E-state index in [9.17, 15) is 0 Å². The summed E-state index contributed by atoms with van der Waals surface area (Å²) < 4.78 is 5.51. The van der Waals surface area contributed by atoms with Crippen LogP contribution in [0.25, 0.3) is 11.2 Å². The summed E-state index contributed by atoms with van der Waals surface area (Å²) in [6.45, 7) is 0.688. The summed E-state index contributed by atoms with van der Waals surface area (Å²) in [5, 5.41) is 3.13. The molecule has 1 N–H and O–H groups in total. The zero-order valence-corrected chi connectivity index (χ0v) is 9.13. The molecule has 0 amide bonds. The van der Waals surface area contributed by atoms with Crippen LogP contribution in [-0.4, -0.2) is 9.97 Å². The van der Waals surface area contributed by atoms with E-state index in [-0.39, 0.29) is 0 Å². The maximum atomic E-state index is 5.51. The maximum absolute atomic E-state index is 5.51. The third kappa shape index (κ3) is 2.10. The summed E-state index contributed by atoms with van der Waals surface area (Å²) >= 11 is 0. The summed E-state index contributed by atoms with van der Waals surface area (Å²) in [5.41, 5.74) is 2.51. The molecule has 0 aliphatic heterocycles. The topological polar surface area (TPSA) is 51.0 Å². The number of fused-ring (bicyclic) bond motifs is 1. The zero-order valence-electron chi connectivity index (χ0n) is 9.13. The predicted octanol–water partition coefficient (Wildman–Crippen LogP) is 2.83. The van der Waals surface area contributed by atoms with E-state index in [1.54, 1.807) is 6.20 Å². The molecule has 1 aromatic carbocycles. The Morgan fingerprint density at radius 3 is 2.76 bits per heavy atom. The highest BCUT2D eigenvalue weighted by Gasteiger charge is 2.04. The molecule has 0 radical (unpaired) electrons. The molecule has 0 fully saturated rings. The molecule has 0 aliphatic carbocycles. The van der Waals surface area contributed by atoms with Gasteiger partial charge in [-0.2, -0.15) is 4.98 Å². The van der Waals surface area contributed by atoms with Crippen LogP contribution < -0.4 is 5.32 Å². The number of anilines is 1. The number of nitrogens with zero attached hydrogens (tertiary/aromatic N) is 2. The first-order valence-electron chi connectivity index (χ1n) is 5.41. The molecule has 17 heavy (non-hydrogen) atoms. The van der Waals surface area contributed by atoms with Crippen LogP contribution in [0.1, 0.15) is 5.56 Å². The largest absolute Gasteiger partial charge is 0.422 e. The average Bonchev–Trinajstić information content (AvgIpc) is 2.80. The van der Waals surface area contributed by atoms with Crippen LogP contribution in [0.4, 0.5) is 6.01 Å². The van der Waals surface area contributed by atoms with Crippen molar-refractivity contribution in [3.63, 3.8) is 0 Å². The molecular weight excluding hydrogens is 214 g/mol. The van der Waals surface area contributed by atoms with Crippen molar-refractivity contribution in [3.05, 3.63) is 54.2 Å². The fourth-order valence-electron chi connectivity index (χ4n) is 1.62. The van der Waals surface area contributed by atoms with Gasteiger partial charge in [0.1, 0.15) is 0 Å². The van der Waals surface area contributed by atoms with E-state index in [0.717, 1.165) is 0 Å². The summed E-state index contributed by atoms with van der Waals surface area (Å²) in [6.07, 6.45) is 1.70. The van der Waals surface area contributed by atoms with E-state index in [0.29, 0.717) is 23.8 Å². The van der Waals surface area contributed by atoms with Gasteiger partial charge in [0.15, 0.2) is 5.58 Å². The first-order chi connectivity index (χ1) is 8.42. The number of nitrogens with one attached hydrogen (secondary N) is 1. The van der Waals surface area contributed by atoms with Crippen LogP contribution in [-0.2, 0) is 6.54 Å². The van der Waals surface area contributed by atoms with Crippen molar-refractivity contribution in [2.45, 2.75) is 6.54 Å². The monoisotopic (exact) mass is 225 g/mol. The summed E-state index contributed by atoms with van der Waals surface area (Å²) in [6, 6.07) is 14.3. The lowest BCUT2D eigenvalue weighted by Gasteiger charge is -2.00. The Labute approximate surface area is 98.3 Å². The van der Waals surface area contributed by atoms with Crippen LogP contribution in [0.15, 0.2) is 53.1 Å². The van der Waals surface area contributed by atoms with Gasteiger partial charge in [0.25, 0.3) is 6.01 Å². The van der Waals surface area contributed by atoms with Gasteiger partial charge in [-0.05, 0) is 17.7 Å². The van der Waals surface area contributed by atoms with Gasteiger partial charge in [-0.3, -0.25) is 0 Å². The second-order valence-electron chi connectivity index (χ2n) is 3.68. The van der Waals surface area contributed by atoms with Crippen molar-refractivity contribution in [2.75, 3.05) is 5.32 Å². The van der Waals surface area contributed by atoms with E-state index >= 15 is 0 Å². The number of oxazole rings is 1. The highest BCUT2D eigenvalue weighted by molar-refractivity contribution is 5.69. The molecule has 0 atom stereocenters. The molecule has 0 spiro atoms. The van der Waals surface area contributed by atoms with Crippen LogP contribution in [0.5, 0.6) is 0 Å². The smallest absolute Gasteiger partial charge is 0.297 e. The highest BCUT2D eigenvalue weighted by atomic mass is 16.4. The third-order valence-corrected chi connectivity index (χ3v) is 2.45. The van der Waals surface area contributed by atoms with Crippen molar-refractivity contribution in [2.24, 2.45) is 0 Å². The number of hydrogen-bond acceptors (Lipinski definition) is 4. The number of hydrogen-bond donors (Lipinski definition) is 1. The third-order valence-electron chi connectivity index (χ3n) is 2.45. The van der Waals surface area contributed by atoms with E-state index in [1.165, 1.54) is 5.56 Å². The molecule has 4 nitrogen and oxygen atoms in total. The van der Waals surface area contributed by atoms with E-state index in [2.05, 4.69) is 15.3 Å². The van der Waals surface area contributed by atoms with Gasteiger partial charge in [0.05, 0.1) is 0 Å². The Hall–Kier alpha value is -2.36. The van der Waals surface area contributed by atoms with Gasteiger partial charge in [0, 0.05) is 12.7 Å². The minimum absolute atomic E-state index is 0.502. The Kier molecular flexibility index (Phi) is 2.46. The molecule has 0 aliphatic rings. The molecule has 2 aromatic heterocycles. The average molecular weight is 225 g/mol. The molecule has 0 unspecified atom stereocenters. The SMILES string of the molecule is c1ccc(CNc2nc3ncccc3o2)cc1. The van der Waals surface area contributed by atoms with E-state index in [1.807, 2.05) is 42.5 Å². The number of aromatic nitrogens is 2. The fourth-order valence-corrected chi connectivity index (χ4v) is 1.62. The van der Waals surface area contributed by atoms with E-state index in [4.69, 9.17) is 4.42 Å². The Morgan fingerprint density at radius 1 is 1.06 bits per heavy atom. The number of pyridine rings is 1. The second kappa shape index (κ2) is 4.25. The first kappa shape index (κ1) is 9.84.